The zero-order chi connectivity index (χ0) is 23.8. The van der Waals surface area contributed by atoms with E-state index in [-0.39, 0.29) is 18.2 Å². The van der Waals surface area contributed by atoms with Crippen LogP contribution < -0.4 is 0 Å². The maximum Gasteiger partial charge on any atom is 0.419 e. The number of hydrogen-bond acceptors (Lipinski definition) is 3. The average molecular weight is 456 g/mol. The van der Waals surface area contributed by atoms with Crippen molar-refractivity contribution in [3.05, 3.63) is 100 Å². The van der Waals surface area contributed by atoms with Gasteiger partial charge in [-0.3, -0.25) is 4.90 Å². The van der Waals surface area contributed by atoms with Crippen LogP contribution in [0.1, 0.15) is 46.2 Å². The second-order valence-electron chi connectivity index (χ2n) is 8.94. The van der Waals surface area contributed by atoms with Crippen LogP contribution in [0.4, 0.5) is 13.2 Å². The molecular formula is C27H28F3NO2. The Morgan fingerprint density at radius 2 is 1.42 bits per heavy atom. The molecule has 0 bridgehead atoms. The van der Waals surface area contributed by atoms with Gasteiger partial charge < -0.3 is 10.2 Å². The molecule has 6 heteroatoms. The van der Waals surface area contributed by atoms with Gasteiger partial charge in [-0.1, -0.05) is 71.8 Å². The zero-order valence-electron chi connectivity index (χ0n) is 18.7. The van der Waals surface area contributed by atoms with Crippen LogP contribution in [0.15, 0.2) is 66.7 Å². The SMILES string of the molecule is Cc1ccc(C(O)(c2ccc(C)cc2)[C@@H]2CCCN2Cc2cccc(C(F)(F)F)c2O)cc1. The predicted molar refractivity (Wildman–Crippen MR) is 122 cm³/mol. The van der Waals surface area contributed by atoms with Crippen LogP contribution in [0, 0.1) is 13.8 Å². The summed E-state index contributed by atoms with van der Waals surface area (Å²) in [5.74, 6) is -0.745. The first-order valence-electron chi connectivity index (χ1n) is 11.1. The Labute approximate surface area is 192 Å². The number of nitrogens with zero attached hydrogens (tertiary/aromatic N) is 1. The standard InChI is InChI=1S/C27H28F3NO2/c1-18-8-12-21(13-9-18)26(33,22-14-10-19(2)11-15-22)24-7-4-16-31(24)17-20-5-3-6-23(25(20)32)27(28,29)30/h3,5-6,8-15,24,32-33H,4,7,16-17H2,1-2H3/t24-/m0/s1. The second kappa shape index (κ2) is 8.84. The number of hydrogen-bond donors (Lipinski definition) is 2. The van der Waals surface area contributed by atoms with E-state index in [9.17, 15) is 23.4 Å². The smallest absolute Gasteiger partial charge is 0.419 e. The molecule has 1 heterocycles. The van der Waals surface area contributed by atoms with E-state index in [1.165, 1.54) is 12.1 Å². The Kier molecular flexibility index (Phi) is 6.25. The van der Waals surface area contributed by atoms with Gasteiger partial charge in [0, 0.05) is 18.2 Å². The topological polar surface area (TPSA) is 43.7 Å². The molecule has 0 aliphatic carbocycles. The minimum absolute atomic E-state index is 0.112. The minimum Gasteiger partial charge on any atom is -0.507 e. The summed E-state index contributed by atoms with van der Waals surface area (Å²) in [6.07, 6.45) is -3.16. The molecule has 3 aromatic rings. The highest BCUT2D eigenvalue weighted by molar-refractivity contribution is 5.43. The molecule has 0 spiro atoms. The lowest BCUT2D eigenvalue weighted by Gasteiger charge is -2.40. The third-order valence-electron chi connectivity index (χ3n) is 6.63. The molecule has 0 amide bonds. The molecule has 1 saturated heterocycles. The lowest BCUT2D eigenvalue weighted by molar-refractivity contribution is -0.138. The van der Waals surface area contributed by atoms with Gasteiger partial charge in [0.2, 0.25) is 0 Å². The molecule has 0 radical (unpaired) electrons. The van der Waals surface area contributed by atoms with E-state index >= 15 is 0 Å². The van der Waals surface area contributed by atoms with Crippen molar-refractivity contribution < 1.29 is 23.4 Å². The van der Waals surface area contributed by atoms with Crippen molar-refractivity contribution >= 4 is 0 Å². The fraction of sp³-hybridized carbons (Fsp3) is 0.333. The van der Waals surface area contributed by atoms with Gasteiger partial charge in [-0.05, 0) is 50.4 Å². The van der Waals surface area contributed by atoms with Crippen molar-refractivity contribution in [3.8, 4) is 5.75 Å². The number of rotatable bonds is 5. The molecule has 0 saturated carbocycles. The molecule has 1 fully saturated rings. The minimum atomic E-state index is -4.63. The zero-order valence-corrected chi connectivity index (χ0v) is 18.7. The van der Waals surface area contributed by atoms with E-state index in [4.69, 9.17) is 0 Å². The molecule has 174 valence electrons. The summed E-state index contributed by atoms with van der Waals surface area (Å²) >= 11 is 0. The van der Waals surface area contributed by atoms with Crippen molar-refractivity contribution in [2.45, 2.75) is 51.1 Å². The van der Waals surface area contributed by atoms with E-state index in [0.717, 1.165) is 34.7 Å². The first-order valence-corrected chi connectivity index (χ1v) is 11.1. The van der Waals surface area contributed by atoms with Crippen LogP contribution in [0.3, 0.4) is 0 Å². The first kappa shape index (κ1) is 23.3. The summed E-state index contributed by atoms with van der Waals surface area (Å²) in [6, 6.07) is 18.8. The summed E-state index contributed by atoms with van der Waals surface area (Å²) < 4.78 is 39.9. The van der Waals surface area contributed by atoms with E-state index in [1.807, 2.05) is 67.3 Å². The number of aryl methyl sites for hydroxylation is 2. The fourth-order valence-electron chi connectivity index (χ4n) is 4.82. The van der Waals surface area contributed by atoms with Gasteiger partial charge in [-0.2, -0.15) is 13.2 Å². The van der Waals surface area contributed by atoms with Crippen molar-refractivity contribution in [2.24, 2.45) is 0 Å². The largest absolute Gasteiger partial charge is 0.507 e. The van der Waals surface area contributed by atoms with Crippen molar-refractivity contribution in [1.29, 1.82) is 0 Å². The van der Waals surface area contributed by atoms with Crippen molar-refractivity contribution in [1.82, 2.24) is 4.90 Å². The quantitative estimate of drug-likeness (QED) is 0.501. The van der Waals surface area contributed by atoms with Crippen LogP contribution in [0.2, 0.25) is 0 Å². The molecule has 1 aliphatic heterocycles. The average Bonchev–Trinajstić information content (AvgIpc) is 3.23. The molecule has 3 nitrogen and oxygen atoms in total. The summed E-state index contributed by atoms with van der Waals surface area (Å²) in [5.41, 5.74) is 1.43. The first-order chi connectivity index (χ1) is 15.6. The van der Waals surface area contributed by atoms with Gasteiger partial charge in [-0.15, -0.1) is 0 Å². The van der Waals surface area contributed by atoms with Crippen molar-refractivity contribution in [3.63, 3.8) is 0 Å². The van der Waals surface area contributed by atoms with Crippen molar-refractivity contribution in [2.75, 3.05) is 6.54 Å². The summed E-state index contributed by atoms with van der Waals surface area (Å²) in [4.78, 5) is 1.98. The van der Waals surface area contributed by atoms with Gasteiger partial charge in [0.25, 0.3) is 0 Å². The monoisotopic (exact) mass is 455 g/mol. The highest BCUT2D eigenvalue weighted by Crippen LogP contribution is 2.43. The molecule has 0 unspecified atom stereocenters. The Hall–Kier alpha value is -2.83. The van der Waals surface area contributed by atoms with Gasteiger partial charge in [0.15, 0.2) is 0 Å². The number of phenolic OH excluding ortho intramolecular Hbond substituents is 1. The molecule has 1 aliphatic rings. The molecular weight excluding hydrogens is 427 g/mol. The number of aromatic hydroxyl groups is 1. The summed E-state index contributed by atoms with van der Waals surface area (Å²) in [7, 11) is 0. The van der Waals surface area contributed by atoms with Crippen LogP contribution in [0.5, 0.6) is 5.75 Å². The maximum atomic E-state index is 13.3. The van der Waals surface area contributed by atoms with E-state index in [2.05, 4.69) is 0 Å². The highest BCUT2D eigenvalue weighted by atomic mass is 19.4. The number of para-hydroxylation sites is 1. The Balaban J connectivity index is 1.75. The summed E-state index contributed by atoms with van der Waals surface area (Å²) in [5, 5.41) is 22.6. The van der Waals surface area contributed by atoms with Crippen LogP contribution in [-0.2, 0) is 18.3 Å². The number of alkyl halides is 3. The third-order valence-corrected chi connectivity index (χ3v) is 6.63. The van der Waals surface area contributed by atoms with Crippen LogP contribution in [-0.4, -0.2) is 27.7 Å². The lowest BCUT2D eigenvalue weighted by Crippen LogP contribution is -2.48. The number of halogens is 3. The molecule has 33 heavy (non-hydrogen) atoms. The molecule has 2 N–H and O–H groups in total. The molecule has 0 aromatic heterocycles. The normalized spacial score (nSPS) is 17.5. The fourth-order valence-corrected chi connectivity index (χ4v) is 4.82. The lowest BCUT2D eigenvalue weighted by atomic mass is 9.78. The van der Waals surface area contributed by atoms with Gasteiger partial charge >= 0.3 is 6.18 Å². The molecule has 3 aromatic carbocycles. The van der Waals surface area contributed by atoms with E-state index in [1.54, 1.807) is 0 Å². The van der Waals surface area contributed by atoms with E-state index in [0.29, 0.717) is 13.0 Å². The van der Waals surface area contributed by atoms with Crippen LogP contribution >= 0.6 is 0 Å². The van der Waals surface area contributed by atoms with Gasteiger partial charge in [-0.25, -0.2) is 0 Å². The number of likely N-dealkylation sites (tertiary alicyclic amines) is 1. The van der Waals surface area contributed by atoms with Gasteiger partial charge in [0.1, 0.15) is 11.4 Å². The highest BCUT2D eigenvalue weighted by Gasteiger charge is 2.45. The summed E-state index contributed by atoms with van der Waals surface area (Å²) in [6.45, 7) is 4.68. The van der Waals surface area contributed by atoms with Gasteiger partial charge in [0.05, 0.1) is 5.56 Å². The number of aliphatic hydroxyl groups is 1. The third kappa shape index (κ3) is 4.50. The number of benzene rings is 3. The Bertz CT molecular complexity index is 1060. The number of phenols is 1. The van der Waals surface area contributed by atoms with Crippen LogP contribution in [0.25, 0.3) is 0 Å². The van der Waals surface area contributed by atoms with E-state index < -0.39 is 23.1 Å². The Morgan fingerprint density at radius 3 is 1.94 bits per heavy atom. The molecule has 4 rings (SSSR count). The maximum absolute atomic E-state index is 13.3. The Morgan fingerprint density at radius 1 is 0.879 bits per heavy atom. The molecule has 1 atom stereocenters. The predicted octanol–water partition coefficient (Wildman–Crippen LogP) is 5.93. The second-order valence-corrected chi connectivity index (χ2v) is 8.94.